The highest BCUT2D eigenvalue weighted by Gasteiger charge is 2.48. The van der Waals surface area contributed by atoms with E-state index >= 15 is 0 Å². The van der Waals surface area contributed by atoms with Crippen LogP contribution in [0.15, 0.2) is 54.7 Å². The van der Waals surface area contributed by atoms with Crippen LogP contribution >= 0.6 is 0 Å². The number of pyridine rings is 1. The summed E-state index contributed by atoms with van der Waals surface area (Å²) in [6.07, 6.45) is 4.96. The Morgan fingerprint density at radius 1 is 1.03 bits per heavy atom. The zero-order valence-electron chi connectivity index (χ0n) is 22.4. The summed E-state index contributed by atoms with van der Waals surface area (Å²) in [6.45, 7) is 15.6. The maximum Gasteiger partial charge on any atom is 0.410 e. The van der Waals surface area contributed by atoms with E-state index in [2.05, 4.69) is 78.0 Å². The molecule has 5 heteroatoms. The Labute approximate surface area is 211 Å². The van der Waals surface area contributed by atoms with Gasteiger partial charge >= 0.3 is 6.09 Å². The molecule has 3 atom stereocenters. The van der Waals surface area contributed by atoms with Gasteiger partial charge in [-0.1, -0.05) is 57.2 Å². The lowest BCUT2D eigenvalue weighted by Gasteiger charge is -2.44. The van der Waals surface area contributed by atoms with Crippen LogP contribution in [0.3, 0.4) is 0 Å². The van der Waals surface area contributed by atoms with Crippen molar-refractivity contribution in [1.29, 1.82) is 0 Å². The molecule has 0 radical (unpaired) electrons. The van der Waals surface area contributed by atoms with Gasteiger partial charge in [0.25, 0.3) is 0 Å². The lowest BCUT2D eigenvalue weighted by Crippen LogP contribution is -2.48. The molecule has 2 fully saturated rings. The quantitative estimate of drug-likeness (QED) is 0.461. The highest BCUT2D eigenvalue weighted by Crippen LogP contribution is 2.47. The summed E-state index contributed by atoms with van der Waals surface area (Å²) in [5, 5.41) is 0. The van der Waals surface area contributed by atoms with Crippen molar-refractivity contribution in [2.45, 2.75) is 78.4 Å². The number of rotatable bonds is 6. The number of amides is 1. The third-order valence-corrected chi connectivity index (χ3v) is 7.60. The highest BCUT2D eigenvalue weighted by molar-refractivity contribution is 5.69. The second kappa shape index (κ2) is 10.2. The molecule has 1 amide bonds. The maximum atomic E-state index is 13.5. The monoisotopic (exact) mass is 477 g/mol. The molecule has 35 heavy (non-hydrogen) atoms. The van der Waals surface area contributed by atoms with E-state index in [4.69, 9.17) is 4.74 Å². The summed E-state index contributed by atoms with van der Waals surface area (Å²) in [7, 11) is 0. The third-order valence-electron chi connectivity index (χ3n) is 7.60. The molecule has 2 heterocycles. The SMILES string of the molecule is CC(C)(C)OC(=O)N(CC(C1CCN(c2ccccn2)CC1)C(C)(C)C)[C@@H]1C[C@H]1c1ccccc1. The molecule has 1 unspecified atom stereocenters. The Balaban J connectivity index is 1.50. The fourth-order valence-corrected chi connectivity index (χ4v) is 5.66. The molecule has 1 aromatic heterocycles. The number of benzene rings is 1. The van der Waals surface area contributed by atoms with E-state index in [9.17, 15) is 4.79 Å². The number of piperidine rings is 1. The zero-order chi connectivity index (χ0) is 25.2. The van der Waals surface area contributed by atoms with Crippen LogP contribution in [0, 0.1) is 17.3 Å². The van der Waals surface area contributed by atoms with Gasteiger partial charge in [0.2, 0.25) is 0 Å². The topological polar surface area (TPSA) is 45.7 Å². The van der Waals surface area contributed by atoms with E-state index in [-0.39, 0.29) is 17.6 Å². The molecule has 1 aliphatic heterocycles. The second-order valence-corrected chi connectivity index (χ2v) is 12.4. The zero-order valence-corrected chi connectivity index (χ0v) is 22.4. The van der Waals surface area contributed by atoms with Gasteiger partial charge in [-0.05, 0) is 75.0 Å². The van der Waals surface area contributed by atoms with Crippen LogP contribution in [0.25, 0.3) is 0 Å². The molecule has 1 aromatic carbocycles. The molecule has 1 saturated heterocycles. The van der Waals surface area contributed by atoms with Gasteiger partial charge in [-0.15, -0.1) is 0 Å². The van der Waals surface area contributed by atoms with Gasteiger partial charge in [0.05, 0.1) is 0 Å². The summed E-state index contributed by atoms with van der Waals surface area (Å²) in [5.74, 6) is 2.43. The van der Waals surface area contributed by atoms with Crippen molar-refractivity contribution in [2.75, 3.05) is 24.5 Å². The van der Waals surface area contributed by atoms with Crippen molar-refractivity contribution in [3.05, 3.63) is 60.3 Å². The van der Waals surface area contributed by atoms with Crippen LogP contribution in [0.5, 0.6) is 0 Å². The summed E-state index contributed by atoms with van der Waals surface area (Å²) < 4.78 is 5.93. The van der Waals surface area contributed by atoms with Crippen LogP contribution in [0.4, 0.5) is 10.6 Å². The molecule has 190 valence electrons. The fourth-order valence-electron chi connectivity index (χ4n) is 5.66. The van der Waals surface area contributed by atoms with Crippen LogP contribution < -0.4 is 4.90 Å². The standard InChI is InChI=1S/C30H43N3O2/c1-29(2,3)25(23-15-18-32(19-16-23)27-14-10-11-17-31-27)21-33(28(34)35-30(4,5)6)26-20-24(26)22-12-8-7-9-13-22/h7-14,17,23-26H,15-16,18-21H2,1-6H3/t24-,25?,26+/m0/s1. The van der Waals surface area contributed by atoms with Gasteiger partial charge in [0.1, 0.15) is 11.4 Å². The van der Waals surface area contributed by atoms with Gasteiger partial charge in [0.15, 0.2) is 0 Å². The first-order chi connectivity index (χ1) is 16.5. The first kappa shape index (κ1) is 25.5. The predicted octanol–water partition coefficient (Wildman–Crippen LogP) is 6.75. The van der Waals surface area contributed by atoms with Crippen molar-refractivity contribution in [2.24, 2.45) is 17.3 Å². The first-order valence-electron chi connectivity index (χ1n) is 13.2. The minimum Gasteiger partial charge on any atom is -0.444 e. The number of aromatic nitrogens is 1. The summed E-state index contributed by atoms with van der Waals surface area (Å²) in [6, 6.07) is 17.0. The molecular formula is C30H43N3O2. The lowest BCUT2D eigenvalue weighted by molar-refractivity contribution is 0.00827. The Morgan fingerprint density at radius 3 is 2.26 bits per heavy atom. The van der Waals surface area contributed by atoms with Crippen LogP contribution in [-0.2, 0) is 4.74 Å². The largest absolute Gasteiger partial charge is 0.444 e. The predicted molar refractivity (Wildman–Crippen MR) is 143 cm³/mol. The van der Waals surface area contributed by atoms with Crippen molar-refractivity contribution in [3.63, 3.8) is 0 Å². The van der Waals surface area contributed by atoms with Gasteiger partial charge in [0, 0.05) is 37.8 Å². The Bertz CT molecular complexity index is 957. The molecule has 2 aromatic rings. The van der Waals surface area contributed by atoms with Crippen LogP contribution in [-0.4, -0.2) is 47.3 Å². The summed E-state index contributed by atoms with van der Waals surface area (Å²) in [4.78, 5) is 22.5. The minimum absolute atomic E-state index is 0.0925. The van der Waals surface area contributed by atoms with E-state index in [1.165, 1.54) is 5.56 Å². The number of anilines is 1. The molecule has 0 spiro atoms. The molecule has 0 bridgehead atoms. The van der Waals surface area contributed by atoms with Crippen molar-refractivity contribution in [3.8, 4) is 0 Å². The van der Waals surface area contributed by atoms with Gasteiger partial charge in [-0.3, -0.25) is 0 Å². The van der Waals surface area contributed by atoms with Gasteiger partial charge < -0.3 is 14.5 Å². The van der Waals surface area contributed by atoms with E-state index in [1.54, 1.807) is 0 Å². The highest BCUT2D eigenvalue weighted by atomic mass is 16.6. The average Bonchev–Trinajstić information content (AvgIpc) is 3.59. The summed E-state index contributed by atoms with van der Waals surface area (Å²) in [5.41, 5.74) is 0.912. The van der Waals surface area contributed by atoms with Crippen LogP contribution in [0.1, 0.15) is 72.3 Å². The molecule has 0 N–H and O–H groups in total. The maximum absolute atomic E-state index is 13.5. The molecule has 2 aliphatic rings. The Morgan fingerprint density at radius 2 is 1.69 bits per heavy atom. The number of hydrogen-bond donors (Lipinski definition) is 0. The van der Waals surface area contributed by atoms with E-state index in [0.29, 0.717) is 17.8 Å². The van der Waals surface area contributed by atoms with Crippen LogP contribution in [0.2, 0.25) is 0 Å². The number of carbonyl (C=O) groups excluding carboxylic acids is 1. The fraction of sp³-hybridized carbons (Fsp3) is 0.600. The van der Waals surface area contributed by atoms with Gasteiger partial charge in [-0.25, -0.2) is 9.78 Å². The number of ether oxygens (including phenoxy) is 1. The van der Waals surface area contributed by atoms with E-state index in [0.717, 1.165) is 44.7 Å². The first-order valence-corrected chi connectivity index (χ1v) is 13.2. The third kappa shape index (κ3) is 6.56. The van der Waals surface area contributed by atoms with Gasteiger partial charge in [-0.2, -0.15) is 0 Å². The molecule has 4 rings (SSSR count). The van der Waals surface area contributed by atoms with Crippen molar-refractivity contribution in [1.82, 2.24) is 9.88 Å². The summed E-state index contributed by atoms with van der Waals surface area (Å²) >= 11 is 0. The normalized spacial score (nSPS) is 21.9. The molecular weight excluding hydrogens is 434 g/mol. The van der Waals surface area contributed by atoms with Crippen molar-refractivity contribution < 1.29 is 9.53 Å². The number of carbonyl (C=O) groups is 1. The lowest BCUT2D eigenvalue weighted by atomic mass is 9.69. The Kier molecular flexibility index (Phi) is 7.44. The number of nitrogens with zero attached hydrogens (tertiary/aromatic N) is 3. The van der Waals surface area contributed by atoms with E-state index < -0.39 is 5.60 Å². The Hall–Kier alpha value is -2.56. The second-order valence-electron chi connectivity index (χ2n) is 12.4. The molecule has 1 saturated carbocycles. The molecule has 5 nitrogen and oxygen atoms in total. The number of hydrogen-bond acceptors (Lipinski definition) is 4. The van der Waals surface area contributed by atoms with Crippen molar-refractivity contribution >= 4 is 11.9 Å². The smallest absolute Gasteiger partial charge is 0.410 e. The minimum atomic E-state index is -0.502. The average molecular weight is 478 g/mol. The molecule has 1 aliphatic carbocycles. The van der Waals surface area contributed by atoms with E-state index in [1.807, 2.05) is 33.0 Å².